The van der Waals surface area contributed by atoms with Gasteiger partial charge in [-0.2, -0.15) is 0 Å². The van der Waals surface area contributed by atoms with Crippen molar-refractivity contribution in [1.82, 2.24) is 4.98 Å². The number of benzene rings is 1. The molecule has 0 spiro atoms. The van der Waals surface area contributed by atoms with Crippen LogP contribution in [0.5, 0.6) is 11.5 Å². The molecule has 2 N–H and O–H groups in total. The summed E-state index contributed by atoms with van der Waals surface area (Å²) in [5, 5.41) is 0. The summed E-state index contributed by atoms with van der Waals surface area (Å²) in [6.07, 6.45) is 4.16. The van der Waals surface area contributed by atoms with Crippen LogP contribution in [0.1, 0.15) is 12.5 Å². The summed E-state index contributed by atoms with van der Waals surface area (Å²) in [5.41, 5.74) is 6.94. The van der Waals surface area contributed by atoms with Gasteiger partial charge >= 0.3 is 0 Å². The van der Waals surface area contributed by atoms with Crippen LogP contribution in [-0.2, 0) is 6.42 Å². The van der Waals surface area contributed by atoms with Gasteiger partial charge in [0, 0.05) is 21.2 Å². The number of hydrogen-bond acceptors (Lipinski definition) is 3. The summed E-state index contributed by atoms with van der Waals surface area (Å²) in [5.74, 6) is 1.50. The molecule has 0 bridgehead atoms. The molecule has 2 rings (SSSR count). The second-order valence-electron chi connectivity index (χ2n) is 4.37. The van der Waals surface area contributed by atoms with Crippen LogP contribution >= 0.6 is 31.9 Å². The highest BCUT2D eigenvalue weighted by Crippen LogP contribution is 2.29. The molecule has 0 saturated heterocycles. The van der Waals surface area contributed by atoms with Crippen molar-refractivity contribution in [3.05, 3.63) is 51.2 Å². The Hall–Kier alpha value is -0.910. The van der Waals surface area contributed by atoms with E-state index in [1.165, 1.54) is 0 Å². The number of halogens is 2. The van der Waals surface area contributed by atoms with Gasteiger partial charge in [-0.1, -0.05) is 15.9 Å². The van der Waals surface area contributed by atoms with Gasteiger partial charge in [0.2, 0.25) is 0 Å². The average Bonchev–Trinajstić information content (AvgIpc) is 2.32. The van der Waals surface area contributed by atoms with Gasteiger partial charge in [-0.05, 0) is 59.1 Å². The molecule has 1 atom stereocenters. The van der Waals surface area contributed by atoms with Gasteiger partial charge in [-0.15, -0.1) is 0 Å². The highest BCUT2D eigenvalue weighted by molar-refractivity contribution is 9.10. The first kappa shape index (κ1) is 14.5. The summed E-state index contributed by atoms with van der Waals surface area (Å²) < 4.78 is 7.78. The summed E-state index contributed by atoms with van der Waals surface area (Å²) in [7, 11) is 0. The summed E-state index contributed by atoms with van der Waals surface area (Å²) in [4.78, 5) is 4.08. The lowest BCUT2D eigenvalue weighted by Crippen LogP contribution is -2.18. The van der Waals surface area contributed by atoms with Gasteiger partial charge < -0.3 is 10.5 Å². The van der Waals surface area contributed by atoms with Gasteiger partial charge in [0.1, 0.15) is 11.5 Å². The zero-order valence-electron chi connectivity index (χ0n) is 10.4. The molecule has 0 aliphatic heterocycles. The number of aromatic nitrogens is 1. The van der Waals surface area contributed by atoms with E-state index in [1.54, 1.807) is 12.4 Å². The molecule has 5 heteroatoms. The summed E-state index contributed by atoms with van der Waals surface area (Å²) >= 11 is 6.84. The Morgan fingerprint density at radius 1 is 1.21 bits per heavy atom. The lowest BCUT2D eigenvalue weighted by Gasteiger charge is -2.13. The van der Waals surface area contributed by atoms with E-state index in [1.807, 2.05) is 31.2 Å². The molecule has 1 unspecified atom stereocenters. The molecule has 0 aliphatic carbocycles. The first-order valence-corrected chi connectivity index (χ1v) is 7.45. The number of rotatable bonds is 4. The monoisotopic (exact) mass is 384 g/mol. The van der Waals surface area contributed by atoms with E-state index in [0.717, 1.165) is 26.7 Å². The van der Waals surface area contributed by atoms with E-state index in [4.69, 9.17) is 10.5 Å². The fourth-order valence-electron chi connectivity index (χ4n) is 1.73. The predicted octanol–water partition coefficient (Wildman–Crippen LogP) is 4.29. The second kappa shape index (κ2) is 6.50. The Morgan fingerprint density at radius 3 is 2.68 bits per heavy atom. The maximum absolute atomic E-state index is 5.88. The van der Waals surface area contributed by atoms with Crippen molar-refractivity contribution in [2.24, 2.45) is 5.73 Å². The Labute approximate surface area is 129 Å². The topological polar surface area (TPSA) is 48.1 Å². The molecule has 0 saturated carbocycles. The highest BCUT2D eigenvalue weighted by Gasteiger charge is 2.08. The van der Waals surface area contributed by atoms with Crippen molar-refractivity contribution in [1.29, 1.82) is 0 Å². The molecular formula is C14H14Br2N2O. The summed E-state index contributed by atoms with van der Waals surface area (Å²) in [6.45, 7) is 1.98. The van der Waals surface area contributed by atoms with Gasteiger partial charge in [0.25, 0.3) is 0 Å². The van der Waals surface area contributed by atoms with E-state index >= 15 is 0 Å². The number of hydrogen-bond donors (Lipinski definition) is 1. The third-order valence-corrected chi connectivity index (χ3v) is 3.40. The molecule has 0 amide bonds. The van der Waals surface area contributed by atoms with Gasteiger partial charge in [-0.25, -0.2) is 0 Å². The molecular weight excluding hydrogens is 372 g/mol. The highest BCUT2D eigenvalue weighted by atomic mass is 79.9. The molecule has 100 valence electrons. The normalized spacial score (nSPS) is 12.2. The number of ether oxygens (including phenoxy) is 1. The molecule has 0 fully saturated rings. The zero-order chi connectivity index (χ0) is 13.8. The largest absolute Gasteiger partial charge is 0.455 e. The van der Waals surface area contributed by atoms with E-state index in [9.17, 15) is 0 Å². The minimum Gasteiger partial charge on any atom is -0.455 e. The van der Waals surface area contributed by atoms with Crippen molar-refractivity contribution in [3.8, 4) is 11.5 Å². The third kappa shape index (κ3) is 4.30. The molecule has 1 aromatic heterocycles. The van der Waals surface area contributed by atoms with Crippen molar-refractivity contribution >= 4 is 31.9 Å². The Balaban J connectivity index is 2.28. The minimum absolute atomic E-state index is 0.0808. The van der Waals surface area contributed by atoms with Crippen molar-refractivity contribution < 1.29 is 4.74 Å². The van der Waals surface area contributed by atoms with Crippen LogP contribution < -0.4 is 10.5 Å². The third-order valence-electron chi connectivity index (χ3n) is 2.47. The maximum atomic E-state index is 5.88. The fourth-order valence-corrected chi connectivity index (χ4v) is 2.48. The molecule has 0 aliphatic rings. The first-order valence-electron chi connectivity index (χ1n) is 5.87. The lowest BCUT2D eigenvalue weighted by molar-refractivity contribution is 0.471. The van der Waals surface area contributed by atoms with Crippen LogP contribution in [0.3, 0.4) is 0 Å². The Kier molecular flexibility index (Phi) is 4.96. The fraction of sp³-hybridized carbons (Fsp3) is 0.214. The standard InChI is InChI=1S/C14H14Br2N2O/c1-9(17)4-10-5-11(15)2-3-14(10)19-13-6-12(16)7-18-8-13/h2-3,5-9H,4,17H2,1H3. The quantitative estimate of drug-likeness (QED) is 0.853. The van der Waals surface area contributed by atoms with Crippen LogP contribution in [0.2, 0.25) is 0 Å². The van der Waals surface area contributed by atoms with E-state index in [-0.39, 0.29) is 6.04 Å². The van der Waals surface area contributed by atoms with Crippen LogP contribution in [0.25, 0.3) is 0 Å². The van der Waals surface area contributed by atoms with Gasteiger partial charge in [-0.3, -0.25) is 4.98 Å². The second-order valence-corrected chi connectivity index (χ2v) is 6.21. The van der Waals surface area contributed by atoms with Crippen molar-refractivity contribution in [2.45, 2.75) is 19.4 Å². The molecule has 19 heavy (non-hydrogen) atoms. The van der Waals surface area contributed by atoms with Crippen molar-refractivity contribution in [3.63, 3.8) is 0 Å². The van der Waals surface area contributed by atoms with E-state index in [0.29, 0.717) is 5.75 Å². The molecule has 1 heterocycles. The van der Waals surface area contributed by atoms with E-state index in [2.05, 4.69) is 36.8 Å². The number of pyridine rings is 1. The number of nitrogens with zero attached hydrogens (tertiary/aromatic N) is 1. The smallest absolute Gasteiger partial charge is 0.146 e. The first-order chi connectivity index (χ1) is 9.04. The van der Waals surface area contributed by atoms with E-state index < -0.39 is 0 Å². The molecule has 0 radical (unpaired) electrons. The van der Waals surface area contributed by atoms with Crippen LogP contribution in [-0.4, -0.2) is 11.0 Å². The zero-order valence-corrected chi connectivity index (χ0v) is 13.6. The predicted molar refractivity (Wildman–Crippen MR) is 83.5 cm³/mol. The lowest BCUT2D eigenvalue weighted by atomic mass is 10.1. The maximum Gasteiger partial charge on any atom is 0.146 e. The SMILES string of the molecule is CC(N)Cc1cc(Br)ccc1Oc1cncc(Br)c1. The summed E-state index contributed by atoms with van der Waals surface area (Å²) in [6, 6.07) is 7.88. The molecule has 2 aromatic rings. The van der Waals surface area contributed by atoms with Crippen LogP contribution in [0.15, 0.2) is 45.6 Å². The molecule has 1 aromatic carbocycles. The number of nitrogens with two attached hydrogens (primary N) is 1. The average molecular weight is 386 g/mol. The van der Waals surface area contributed by atoms with Gasteiger partial charge in [0.05, 0.1) is 6.20 Å². The van der Waals surface area contributed by atoms with Crippen molar-refractivity contribution in [2.75, 3.05) is 0 Å². The Morgan fingerprint density at radius 2 is 2.00 bits per heavy atom. The Bertz CT molecular complexity index is 573. The minimum atomic E-state index is 0.0808. The molecule has 3 nitrogen and oxygen atoms in total. The van der Waals surface area contributed by atoms with Crippen LogP contribution in [0, 0.1) is 0 Å². The van der Waals surface area contributed by atoms with Crippen LogP contribution in [0.4, 0.5) is 0 Å². The van der Waals surface area contributed by atoms with Gasteiger partial charge in [0.15, 0.2) is 0 Å².